The van der Waals surface area contributed by atoms with E-state index in [2.05, 4.69) is 24.3 Å². The molecule has 1 fully saturated rings. The van der Waals surface area contributed by atoms with Crippen LogP contribution in [0.3, 0.4) is 0 Å². The molecule has 0 bridgehead atoms. The van der Waals surface area contributed by atoms with Crippen molar-refractivity contribution in [1.29, 1.82) is 0 Å². The lowest BCUT2D eigenvalue weighted by Gasteiger charge is -2.39. The smallest absolute Gasteiger partial charge is 0.220 e. The summed E-state index contributed by atoms with van der Waals surface area (Å²) >= 11 is 0. The molecular formula is C39H76N2O8. The zero-order valence-electron chi connectivity index (χ0n) is 31.4. The number of aliphatic hydroxyl groups is 4. The summed E-state index contributed by atoms with van der Waals surface area (Å²) in [7, 11) is 0. The Bertz CT molecular complexity index is 773. The van der Waals surface area contributed by atoms with Crippen LogP contribution < -0.4 is 5.32 Å². The Morgan fingerprint density at radius 3 is 1.55 bits per heavy atom. The van der Waals surface area contributed by atoms with Gasteiger partial charge in [-0.2, -0.15) is 4.91 Å². The van der Waals surface area contributed by atoms with Crippen molar-refractivity contribution < 1.29 is 34.7 Å². The van der Waals surface area contributed by atoms with E-state index in [0.29, 0.717) is 12.8 Å². The van der Waals surface area contributed by atoms with Gasteiger partial charge in [-0.3, -0.25) is 4.79 Å². The second-order valence-corrected chi connectivity index (χ2v) is 14.5. The quantitative estimate of drug-likeness (QED) is 0.0334. The molecule has 0 aromatic heterocycles. The number of carbonyl (C=O) groups is 1. The highest BCUT2D eigenvalue weighted by atomic mass is 16.7. The maximum absolute atomic E-state index is 12.9. The Labute approximate surface area is 298 Å². The second-order valence-electron chi connectivity index (χ2n) is 14.5. The van der Waals surface area contributed by atoms with Crippen molar-refractivity contribution in [3.63, 3.8) is 0 Å². The van der Waals surface area contributed by atoms with Gasteiger partial charge in [0.1, 0.15) is 24.4 Å². The second kappa shape index (κ2) is 31.6. The first kappa shape index (κ1) is 45.9. The molecule has 7 unspecified atom stereocenters. The Hall–Kier alpha value is -1.17. The van der Waals surface area contributed by atoms with Gasteiger partial charge < -0.3 is 35.2 Å². The highest BCUT2D eigenvalue weighted by Gasteiger charge is 2.46. The maximum Gasteiger partial charge on any atom is 0.220 e. The molecule has 0 radical (unpaired) electrons. The summed E-state index contributed by atoms with van der Waals surface area (Å²) in [6, 6.07) is -2.06. The Morgan fingerprint density at radius 2 is 1.12 bits per heavy atom. The molecule has 1 saturated heterocycles. The van der Waals surface area contributed by atoms with E-state index >= 15 is 0 Å². The molecule has 0 aromatic carbocycles. The van der Waals surface area contributed by atoms with Crippen LogP contribution in [0.25, 0.3) is 0 Å². The normalized spacial score (nSPS) is 22.2. The standard InChI is InChI=1S/C39H76N2O8/c1-3-5-7-9-11-13-15-16-17-19-21-23-25-27-29-35(44)40-32(31-48-39-38(46)37(45)36(41-47)34(30-42)49-39)33(43)28-26-24-22-20-18-14-12-10-8-6-4-2/h32-34,36-39,42-43,45-46H,3-31H2,1-2H3,(H,40,44). The lowest BCUT2D eigenvalue weighted by molar-refractivity contribution is -0.279. The molecule has 5 N–H and O–H groups in total. The Kier molecular flexibility index (Phi) is 29.5. The van der Waals surface area contributed by atoms with Crippen LogP contribution in [0, 0.1) is 4.91 Å². The van der Waals surface area contributed by atoms with Crippen LogP contribution in [0.2, 0.25) is 0 Å². The van der Waals surface area contributed by atoms with E-state index in [0.717, 1.165) is 38.5 Å². The molecule has 1 rings (SSSR count). The van der Waals surface area contributed by atoms with Crippen LogP contribution in [0.15, 0.2) is 5.18 Å². The molecule has 0 aromatic rings. The number of unbranched alkanes of at least 4 members (excludes halogenated alkanes) is 23. The molecule has 1 heterocycles. The molecule has 10 heteroatoms. The van der Waals surface area contributed by atoms with Crippen LogP contribution in [-0.2, 0) is 14.3 Å². The molecule has 1 aliphatic rings. The van der Waals surface area contributed by atoms with Gasteiger partial charge in [-0.05, 0) is 12.8 Å². The molecule has 10 nitrogen and oxygen atoms in total. The van der Waals surface area contributed by atoms with E-state index in [1.165, 1.54) is 122 Å². The lowest BCUT2D eigenvalue weighted by atomic mass is 9.97. The fraction of sp³-hybridized carbons (Fsp3) is 0.974. The molecule has 49 heavy (non-hydrogen) atoms. The van der Waals surface area contributed by atoms with Crippen LogP contribution in [-0.4, -0.2) is 82.3 Å². The summed E-state index contributed by atoms with van der Waals surface area (Å²) in [6.45, 7) is 3.75. The van der Waals surface area contributed by atoms with Gasteiger partial charge in [-0.15, -0.1) is 0 Å². The number of carbonyl (C=O) groups excluding carboxylic acids is 1. The van der Waals surface area contributed by atoms with Gasteiger partial charge in [-0.25, -0.2) is 0 Å². The Balaban J connectivity index is 2.42. The molecule has 1 aliphatic heterocycles. The summed E-state index contributed by atoms with van der Waals surface area (Å²) in [5, 5.41) is 47.2. The van der Waals surface area contributed by atoms with Crippen LogP contribution in [0.1, 0.15) is 187 Å². The molecule has 7 atom stereocenters. The van der Waals surface area contributed by atoms with Crippen molar-refractivity contribution in [1.82, 2.24) is 5.32 Å². The number of ether oxygens (including phenoxy) is 2. The maximum atomic E-state index is 12.9. The zero-order chi connectivity index (χ0) is 36.0. The van der Waals surface area contributed by atoms with Gasteiger partial charge in [0.25, 0.3) is 0 Å². The topological polar surface area (TPSA) is 158 Å². The first-order valence-electron chi connectivity index (χ1n) is 20.4. The fourth-order valence-corrected chi connectivity index (χ4v) is 6.76. The zero-order valence-corrected chi connectivity index (χ0v) is 31.4. The molecular weight excluding hydrogens is 624 g/mol. The number of nitrogens with one attached hydrogen (secondary N) is 1. The van der Waals surface area contributed by atoms with Crippen molar-refractivity contribution in [2.45, 2.75) is 230 Å². The van der Waals surface area contributed by atoms with Crippen molar-refractivity contribution in [3.05, 3.63) is 4.91 Å². The van der Waals surface area contributed by atoms with E-state index in [4.69, 9.17) is 9.47 Å². The van der Waals surface area contributed by atoms with Crippen LogP contribution in [0.4, 0.5) is 0 Å². The van der Waals surface area contributed by atoms with E-state index in [1.807, 2.05) is 0 Å². The predicted molar refractivity (Wildman–Crippen MR) is 197 cm³/mol. The first-order chi connectivity index (χ1) is 23.9. The van der Waals surface area contributed by atoms with Gasteiger partial charge in [0, 0.05) is 6.42 Å². The van der Waals surface area contributed by atoms with Crippen molar-refractivity contribution >= 4 is 5.91 Å². The number of nitroso groups, excluding NO2 is 1. The number of nitrogens with zero attached hydrogens (tertiary/aromatic N) is 1. The van der Waals surface area contributed by atoms with Gasteiger partial charge in [0.15, 0.2) is 6.29 Å². The van der Waals surface area contributed by atoms with Gasteiger partial charge in [0.2, 0.25) is 5.91 Å². The van der Waals surface area contributed by atoms with Gasteiger partial charge in [-0.1, -0.05) is 173 Å². The van der Waals surface area contributed by atoms with Crippen molar-refractivity contribution in [2.24, 2.45) is 5.18 Å². The molecule has 0 aliphatic carbocycles. The summed E-state index contributed by atoms with van der Waals surface area (Å²) in [4.78, 5) is 24.0. The average Bonchev–Trinajstić information content (AvgIpc) is 3.10. The average molecular weight is 701 g/mol. The predicted octanol–water partition coefficient (Wildman–Crippen LogP) is 8.00. The number of hydrogen-bond acceptors (Lipinski definition) is 9. The number of aliphatic hydroxyl groups excluding tert-OH is 4. The highest BCUT2D eigenvalue weighted by molar-refractivity contribution is 5.76. The third-order valence-corrected chi connectivity index (χ3v) is 10.1. The minimum atomic E-state index is -1.57. The summed E-state index contributed by atoms with van der Waals surface area (Å²) in [5.41, 5.74) is 0. The lowest BCUT2D eigenvalue weighted by Crippen LogP contribution is -2.59. The molecule has 0 saturated carbocycles. The summed E-state index contributed by atoms with van der Waals surface area (Å²) < 4.78 is 11.3. The SMILES string of the molecule is CCCCCCCCCCCCCCCCC(=O)NC(COC1OC(CO)C(N=O)C(O)C1O)C(O)CCCCCCCCCCCCC. The van der Waals surface area contributed by atoms with E-state index in [9.17, 15) is 30.1 Å². The fourth-order valence-electron chi connectivity index (χ4n) is 6.76. The van der Waals surface area contributed by atoms with Gasteiger partial charge >= 0.3 is 0 Å². The minimum absolute atomic E-state index is 0.157. The highest BCUT2D eigenvalue weighted by Crippen LogP contribution is 2.25. The largest absolute Gasteiger partial charge is 0.394 e. The van der Waals surface area contributed by atoms with E-state index in [-0.39, 0.29) is 12.5 Å². The van der Waals surface area contributed by atoms with Crippen molar-refractivity contribution in [3.8, 4) is 0 Å². The molecule has 1 amide bonds. The third kappa shape index (κ3) is 22.4. The number of amides is 1. The van der Waals surface area contributed by atoms with E-state index in [1.54, 1.807) is 0 Å². The van der Waals surface area contributed by atoms with Gasteiger partial charge in [0.05, 0.1) is 25.4 Å². The molecule has 290 valence electrons. The minimum Gasteiger partial charge on any atom is -0.394 e. The number of hydrogen-bond donors (Lipinski definition) is 5. The summed E-state index contributed by atoms with van der Waals surface area (Å²) in [6.07, 6.45) is 25.0. The monoisotopic (exact) mass is 701 g/mol. The van der Waals surface area contributed by atoms with E-state index < -0.39 is 49.4 Å². The Morgan fingerprint density at radius 1 is 0.694 bits per heavy atom. The van der Waals surface area contributed by atoms with Crippen LogP contribution in [0.5, 0.6) is 0 Å². The van der Waals surface area contributed by atoms with Crippen molar-refractivity contribution in [2.75, 3.05) is 13.2 Å². The summed E-state index contributed by atoms with van der Waals surface area (Å²) in [5.74, 6) is -0.158. The molecule has 0 spiro atoms. The van der Waals surface area contributed by atoms with Crippen LogP contribution >= 0.6 is 0 Å². The number of rotatable bonds is 34. The first-order valence-corrected chi connectivity index (χ1v) is 20.4. The third-order valence-electron chi connectivity index (χ3n) is 10.1.